The average molecular weight is 384 g/mol. The third-order valence-corrected chi connectivity index (χ3v) is 5.54. The van der Waals surface area contributed by atoms with E-state index in [0.29, 0.717) is 6.04 Å². The number of rotatable bonds is 3. The van der Waals surface area contributed by atoms with Gasteiger partial charge in [0.2, 0.25) is 5.91 Å². The lowest BCUT2D eigenvalue weighted by Crippen LogP contribution is -2.47. The molecule has 2 aliphatic rings. The molecule has 2 heterocycles. The number of hydrogen-bond donors (Lipinski definition) is 1. The topological polar surface area (TPSA) is 37.3 Å². The Kier molecular flexibility index (Phi) is 6.92. The van der Waals surface area contributed by atoms with Crippen molar-refractivity contribution < 1.29 is 4.79 Å². The maximum Gasteiger partial charge on any atom is 0.227 e. The van der Waals surface area contributed by atoms with Crippen LogP contribution in [0.4, 0.5) is 0 Å². The van der Waals surface area contributed by atoms with Gasteiger partial charge in [0.25, 0.3) is 0 Å². The van der Waals surface area contributed by atoms with Crippen LogP contribution >= 0.6 is 24.8 Å². The van der Waals surface area contributed by atoms with Crippen LogP contribution in [-0.2, 0) is 0 Å². The van der Waals surface area contributed by atoms with Crippen LogP contribution < -0.4 is 5.32 Å². The summed E-state index contributed by atoms with van der Waals surface area (Å²) in [7, 11) is 0. The highest BCUT2D eigenvalue weighted by atomic mass is 35.5. The van der Waals surface area contributed by atoms with Crippen LogP contribution in [0.3, 0.4) is 0 Å². The van der Waals surface area contributed by atoms with Gasteiger partial charge in [-0.25, -0.2) is 0 Å². The number of nitrogens with zero attached hydrogens (tertiary/aromatic N) is 2. The Morgan fingerprint density at radius 3 is 2.44 bits per heavy atom. The molecular formula is C19H27Cl2N3O. The van der Waals surface area contributed by atoms with Crippen LogP contribution in [0.15, 0.2) is 30.5 Å². The van der Waals surface area contributed by atoms with Gasteiger partial charge in [-0.2, -0.15) is 0 Å². The fraction of sp³-hybridized carbons (Fsp3) is 0.526. The molecule has 0 bridgehead atoms. The molecule has 1 saturated heterocycles. The molecule has 4 rings (SSSR count). The molecule has 6 heteroatoms. The lowest BCUT2D eigenvalue weighted by Gasteiger charge is -2.43. The second kappa shape index (κ2) is 8.54. The standard InChI is InChI=1S/C19H25N3O.2ClH/c1-14(23)22-13-17(16-7-2-3-8-18(16)22)19(15-5-4-6-15)21-11-9-20-10-12-21;;/h2-3,7-8,13,15,19-20H,4-6,9-12H2,1H3;2*1H/t19-;;/m0../s1. The van der Waals surface area contributed by atoms with Crippen molar-refractivity contribution >= 4 is 41.6 Å². The Hall–Kier alpha value is -1.07. The Morgan fingerprint density at radius 1 is 1.16 bits per heavy atom. The van der Waals surface area contributed by atoms with Gasteiger partial charge in [0.15, 0.2) is 0 Å². The van der Waals surface area contributed by atoms with E-state index in [4.69, 9.17) is 0 Å². The summed E-state index contributed by atoms with van der Waals surface area (Å²) in [5.74, 6) is 0.833. The second-order valence-electron chi connectivity index (χ2n) is 6.91. The lowest BCUT2D eigenvalue weighted by atomic mass is 9.76. The predicted octanol–water partition coefficient (Wildman–Crippen LogP) is 3.89. The highest BCUT2D eigenvalue weighted by Crippen LogP contribution is 2.44. The van der Waals surface area contributed by atoms with Gasteiger partial charge in [0.1, 0.15) is 0 Å². The van der Waals surface area contributed by atoms with E-state index in [1.807, 2.05) is 10.6 Å². The van der Waals surface area contributed by atoms with Crippen molar-refractivity contribution in [1.82, 2.24) is 14.8 Å². The first-order chi connectivity index (χ1) is 11.3. The van der Waals surface area contributed by atoms with Crippen molar-refractivity contribution in [3.8, 4) is 0 Å². The van der Waals surface area contributed by atoms with Gasteiger partial charge < -0.3 is 5.32 Å². The largest absolute Gasteiger partial charge is 0.314 e. The summed E-state index contributed by atoms with van der Waals surface area (Å²) in [6.45, 7) is 5.98. The summed E-state index contributed by atoms with van der Waals surface area (Å²) >= 11 is 0. The SMILES string of the molecule is CC(=O)n1cc([C@H](C2CCC2)N2CCNCC2)c2ccccc21.Cl.Cl. The quantitative estimate of drug-likeness (QED) is 0.873. The Balaban J connectivity index is 0.00000113. The van der Waals surface area contributed by atoms with Crippen LogP contribution in [0, 0.1) is 5.92 Å². The smallest absolute Gasteiger partial charge is 0.227 e. The van der Waals surface area contributed by atoms with Crippen LogP contribution in [0.25, 0.3) is 10.9 Å². The Bertz CT molecular complexity index is 721. The monoisotopic (exact) mass is 383 g/mol. The molecule has 1 atom stereocenters. The number of carbonyl (C=O) groups excluding carboxylic acids is 1. The zero-order valence-corrected chi connectivity index (χ0v) is 16.2. The molecule has 0 amide bonds. The predicted molar refractivity (Wildman–Crippen MR) is 107 cm³/mol. The van der Waals surface area contributed by atoms with Crippen LogP contribution in [-0.4, -0.2) is 41.6 Å². The maximum absolute atomic E-state index is 12.1. The molecule has 25 heavy (non-hydrogen) atoms. The average Bonchev–Trinajstić information content (AvgIpc) is 2.91. The first-order valence-electron chi connectivity index (χ1n) is 8.81. The van der Waals surface area contributed by atoms with Gasteiger partial charge in [-0.05, 0) is 30.4 Å². The number of halogens is 2. The number of fused-ring (bicyclic) bond motifs is 1. The zero-order chi connectivity index (χ0) is 15.8. The molecule has 4 nitrogen and oxygen atoms in total. The zero-order valence-electron chi connectivity index (χ0n) is 14.6. The normalized spacial score (nSPS) is 19.6. The number of aromatic nitrogens is 1. The van der Waals surface area contributed by atoms with Crippen molar-refractivity contribution in [3.63, 3.8) is 0 Å². The molecule has 1 N–H and O–H groups in total. The van der Waals surface area contributed by atoms with Crippen molar-refractivity contribution in [2.45, 2.75) is 32.2 Å². The molecule has 2 fully saturated rings. The van der Waals surface area contributed by atoms with Crippen molar-refractivity contribution in [2.24, 2.45) is 5.92 Å². The summed E-state index contributed by atoms with van der Waals surface area (Å²) < 4.78 is 1.83. The van der Waals surface area contributed by atoms with Crippen molar-refractivity contribution in [3.05, 3.63) is 36.0 Å². The number of para-hydroxylation sites is 1. The van der Waals surface area contributed by atoms with Crippen molar-refractivity contribution in [1.29, 1.82) is 0 Å². The highest BCUT2D eigenvalue weighted by Gasteiger charge is 2.35. The first kappa shape index (κ1) is 20.2. The van der Waals surface area contributed by atoms with E-state index >= 15 is 0 Å². The number of piperazine rings is 1. The minimum absolute atomic E-state index is 0. The fourth-order valence-electron chi connectivity index (χ4n) is 4.17. The molecule has 1 saturated carbocycles. The van der Waals surface area contributed by atoms with Crippen LogP contribution in [0.5, 0.6) is 0 Å². The maximum atomic E-state index is 12.1. The third-order valence-electron chi connectivity index (χ3n) is 5.54. The summed E-state index contributed by atoms with van der Waals surface area (Å²) in [5.41, 5.74) is 2.40. The number of carbonyl (C=O) groups is 1. The van der Waals surface area contributed by atoms with Gasteiger partial charge in [0.05, 0.1) is 5.52 Å². The van der Waals surface area contributed by atoms with E-state index < -0.39 is 0 Å². The van der Waals surface area contributed by atoms with E-state index in [1.165, 1.54) is 30.2 Å². The number of benzene rings is 1. The molecule has 0 radical (unpaired) electrons. The van der Waals surface area contributed by atoms with Gasteiger partial charge in [-0.3, -0.25) is 14.3 Å². The summed E-state index contributed by atoms with van der Waals surface area (Å²) in [4.78, 5) is 14.7. The molecule has 138 valence electrons. The molecule has 1 aromatic carbocycles. The summed E-state index contributed by atoms with van der Waals surface area (Å²) in [6.07, 6.45) is 6.08. The van der Waals surface area contributed by atoms with E-state index in [9.17, 15) is 4.79 Å². The molecule has 0 spiro atoms. The summed E-state index contributed by atoms with van der Waals surface area (Å²) in [6, 6.07) is 8.81. The fourth-order valence-corrected chi connectivity index (χ4v) is 4.17. The minimum Gasteiger partial charge on any atom is -0.314 e. The van der Waals surface area contributed by atoms with Crippen LogP contribution in [0.2, 0.25) is 0 Å². The molecule has 0 unspecified atom stereocenters. The molecule has 2 aromatic rings. The number of hydrogen-bond acceptors (Lipinski definition) is 3. The van der Waals surface area contributed by atoms with Crippen molar-refractivity contribution in [2.75, 3.05) is 26.2 Å². The molecule has 1 aliphatic carbocycles. The Labute approximate surface area is 161 Å². The van der Waals surface area contributed by atoms with Gasteiger partial charge in [-0.15, -0.1) is 24.8 Å². The number of nitrogens with one attached hydrogen (secondary N) is 1. The van der Waals surface area contributed by atoms with E-state index in [1.54, 1.807) is 6.92 Å². The second-order valence-corrected chi connectivity index (χ2v) is 6.91. The molecule has 1 aliphatic heterocycles. The van der Waals surface area contributed by atoms with Gasteiger partial charge >= 0.3 is 0 Å². The molecule has 1 aromatic heterocycles. The minimum atomic E-state index is 0. The summed E-state index contributed by atoms with van der Waals surface area (Å²) in [5, 5.41) is 4.70. The Morgan fingerprint density at radius 2 is 1.84 bits per heavy atom. The van der Waals surface area contributed by atoms with Crippen LogP contribution in [0.1, 0.15) is 42.6 Å². The first-order valence-corrected chi connectivity index (χ1v) is 8.81. The van der Waals surface area contributed by atoms with E-state index in [0.717, 1.165) is 37.6 Å². The van der Waals surface area contributed by atoms with Gasteiger partial charge in [0, 0.05) is 50.7 Å². The van der Waals surface area contributed by atoms with E-state index in [2.05, 4.69) is 34.6 Å². The molecular weight excluding hydrogens is 357 g/mol. The van der Waals surface area contributed by atoms with Gasteiger partial charge in [-0.1, -0.05) is 24.6 Å². The third kappa shape index (κ3) is 3.72. The highest BCUT2D eigenvalue weighted by molar-refractivity contribution is 5.93. The van der Waals surface area contributed by atoms with E-state index in [-0.39, 0.29) is 30.7 Å². The lowest BCUT2D eigenvalue weighted by molar-refractivity contribution is 0.0840.